The van der Waals surface area contributed by atoms with Gasteiger partial charge in [0.2, 0.25) is 5.75 Å². The monoisotopic (exact) mass is 437 g/mol. The van der Waals surface area contributed by atoms with E-state index in [0.717, 1.165) is 0 Å². The second-order valence-electron chi connectivity index (χ2n) is 6.56. The average Bonchev–Trinajstić information content (AvgIpc) is 3.36. The van der Waals surface area contributed by atoms with Crippen molar-refractivity contribution in [1.29, 1.82) is 0 Å². The smallest absolute Gasteiger partial charge is 0.291 e. The van der Waals surface area contributed by atoms with E-state index < -0.39 is 5.91 Å². The van der Waals surface area contributed by atoms with Gasteiger partial charge in [-0.1, -0.05) is 12.1 Å². The number of nitrogens with zero attached hydrogens (tertiary/aromatic N) is 1. The van der Waals surface area contributed by atoms with Crippen molar-refractivity contribution in [1.82, 2.24) is 5.43 Å². The Hall–Kier alpha value is -4.27. The van der Waals surface area contributed by atoms with Gasteiger partial charge in [-0.25, -0.2) is 5.43 Å². The lowest BCUT2D eigenvalue weighted by Gasteiger charge is -2.13. The number of carbonyl (C=O) groups excluding carboxylic acids is 2. The number of hydrazone groups is 1. The molecule has 0 saturated carbocycles. The summed E-state index contributed by atoms with van der Waals surface area (Å²) in [5, 5.41) is 6.92. The van der Waals surface area contributed by atoms with Gasteiger partial charge in [0.05, 0.1) is 33.3 Å². The Bertz CT molecular complexity index is 1110. The van der Waals surface area contributed by atoms with Crippen LogP contribution in [0.5, 0.6) is 17.2 Å². The zero-order chi connectivity index (χ0) is 23.1. The fraction of sp³-hybridized carbons (Fsp3) is 0.174. The number of amides is 2. The van der Waals surface area contributed by atoms with Crippen LogP contribution < -0.4 is 25.0 Å². The normalized spacial score (nSPS) is 10.9. The minimum atomic E-state index is -0.453. The summed E-state index contributed by atoms with van der Waals surface area (Å²) in [6.07, 6.45) is 1.43. The first-order valence-electron chi connectivity index (χ1n) is 9.56. The highest BCUT2D eigenvalue weighted by molar-refractivity contribution is 6.04. The second kappa shape index (κ2) is 10.2. The highest BCUT2D eigenvalue weighted by Crippen LogP contribution is 2.38. The molecule has 1 heterocycles. The van der Waals surface area contributed by atoms with Crippen molar-refractivity contribution in [3.8, 4) is 17.2 Å². The van der Waals surface area contributed by atoms with Gasteiger partial charge in [-0.3, -0.25) is 9.59 Å². The first kappa shape index (κ1) is 22.4. The maximum Gasteiger partial charge on any atom is 0.291 e. The van der Waals surface area contributed by atoms with E-state index in [0.29, 0.717) is 34.2 Å². The molecule has 0 aliphatic rings. The number of nitrogens with one attached hydrogen (secondary N) is 2. The molecule has 3 aromatic rings. The van der Waals surface area contributed by atoms with Gasteiger partial charge in [-0.05, 0) is 48.9 Å². The van der Waals surface area contributed by atoms with Gasteiger partial charge in [-0.2, -0.15) is 5.10 Å². The van der Waals surface area contributed by atoms with Crippen molar-refractivity contribution in [2.75, 3.05) is 26.6 Å². The van der Waals surface area contributed by atoms with Crippen molar-refractivity contribution in [2.24, 2.45) is 5.10 Å². The largest absolute Gasteiger partial charge is 0.493 e. The predicted molar refractivity (Wildman–Crippen MR) is 119 cm³/mol. The van der Waals surface area contributed by atoms with E-state index in [1.54, 1.807) is 37.3 Å². The fourth-order valence-electron chi connectivity index (χ4n) is 2.90. The Kier molecular flexibility index (Phi) is 7.12. The topological polar surface area (TPSA) is 111 Å². The molecule has 0 unspecified atom stereocenters. The maximum absolute atomic E-state index is 12.6. The molecule has 2 N–H and O–H groups in total. The first-order chi connectivity index (χ1) is 15.5. The van der Waals surface area contributed by atoms with Gasteiger partial charge < -0.3 is 23.9 Å². The van der Waals surface area contributed by atoms with Crippen LogP contribution in [0, 0.1) is 0 Å². The molecule has 32 heavy (non-hydrogen) atoms. The number of ether oxygens (including phenoxy) is 3. The molecule has 0 radical (unpaired) electrons. The Balaban J connectivity index is 1.74. The van der Waals surface area contributed by atoms with Gasteiger partial charge >= 0.3 is 0 Å². The summed E-state index contributed by atoms with van der Waals surface area (Å²) < 4.78 is 20.9. The summed E-state index contributed by atoms with van der Waals surface area (Å²) in [5.74, 6) is 0.497. The lowest BCUT2D eigenvalue weighted by Crippen LogP contribution is -2.19. The van der Waals surface area contributed by atoms with E-state index in [9.17, 15) is 9.59 Å². The number of anilines is 1. The Morgan fingerprint density at radius 1 is 0.875 bits per heavy atom. The van der Waals surface area contributed by atoms with Gasteiger partial charge in [-0.15, -0.1) is 0 Å². The molecule has 9 heteroatoms. The van der Waals surface area contributed by atoms with Crippen LogP contribution in [0.4, 0.5) is 5.69 Å². The molecule has 0 spiro atoms. The van der Waals surface area contributed by atoms with Crippen LogP contribution in [-0.4, -0.2) is 38.9 Å². The standard InChI is InChI=1S/C23H23N3O6/c1-14(15-7-5-8-17(11-15)24-23(28)18-9-6-10-32-18)25-26-22(27)16-12-19(29-2)21(31-4)20(13-16)30-3/h5-13H,1-4H3,(H,24,28)(H,26,27). The summed E-state index contributed by atoms with van der Waals surface area (Å²) in [6, 6.07) is 13.3. The molecule has 9 nitrogen and oxygen atoms in total. The quantitative estimate of drug-likeness (QED) is 0.410. The van der Waals surface area contributed by atoms with Crippen LogP contribution in [0.2, 0.25) is 0 Å². The number of hydrogen-bond donors (Lipinski definition) is 2. The molecule has 0 fully saturated rings. The van der Waals surface area contributed by atoms with E-state index in [2.05, 4.69) is 15.8 Å². The SMILES string of the molecule is COc1cc(C(=O)NN=C(C)c2cccc(NC(=O)c3ccco3)c2)cc(OC)c1OC. The molecular weight excluding hydrogens is 414 g/mol. The number of hydrogen-bond acceptors (Lipinski definition) is 7. The number of carbonyl (C=O) groups is 2. The van der Waals surface area contributed by atoms with Gasteiger partial charge in [0.1, 0.15) is 0 Å². The van der Waals surface area contributed by atoms with E-state index in [1.807, 2.05) is 6.07 Å². The van der Waals surface area contributed by atoms with E-state index in [1.165, 1.54) is 39.7 Å². The van der Waals surface area contributed by atoms with Crippen LogP contribution in [0.3, 0.4) is 0 Å². The first-order valence-corrected chi connectivity index (χ1v) is 9.56. The van der Waals surface area contributed by atoms with Crippen molar-refractivity contribution in [3.05, 3.63) is 71.7 Å². The van der Waals surface area contributed by atoms with Gasteiger partial charge in [0, 0.05) is 11.3 Å². The molecule has 0 aliphatic carbocycles. The van der Waals surface area contributed by atoms with E-state index >= 15 is 0 Å². The highest BCUT2D eigenvalue weighted by Gasteiger charge is 2.17. The second-order valence-corrected chi connectivity index (χ2v) is 6.56. The molecule has 1 aromatic heterocycles. The lowest BCUT2D eigenvalue weighted by molar-refractivity contribution is 0.0952. The molecule has 2 amide bonds. The predicted octanol–water partition coefficient (Wildman–Crippen LogP) is 3.71. The Morgan fingerprint density at radius 3 is 2.19 bits per heavy atom. The third-order valence-electron chi connectivity index (χ3n) is 4.54. The molecule has 0 bridgehead atoms. The number of benzene rings is 2. The highest BCUT2D eigenvalue weighted by atomic mass is 16.5. The summed E-state index contributed by atoms with van der Waals surface area (Å²) in [7, 11) is 4.43. The Labute approximate surface area is 185 Å². The molecule has 0 atom stereocenters. The third kappa shape index (κ3) is 5.07. The van der Waals surface area contributed by atoms with Crippen LogP contribution in [0.1, 0.15) is 33.4 Å². The molecule has 3 rings (SSSR count). The molecular formula is C23H23N3O6. The van der Waals surface area contributed by atoms with Gasteiger partial charge in [0.15, 0.2) is 17.3 Å². The number of furan rings is 1. The third-order valence-corrected chi connectivity index (χ3v) is 4.54. The minimum Gasteiger partial charge on any atom is -0.493 e. The average molecular weight is 437 g/mol. The zero-order valence-corrected chi connectivity index (χ0v) is 18.1. The summed E-state index contributed by atoms with van der Waals surface area (Å²) in [5.41, 5.74) is 4.62. The van der Waals surface area contributed by atoms with Crippen molar-refractivity contribution in [3.63, 3.8) is 0 Å². The van der Waals surface area contributed by atoms with Crippen LogP contribution >= 0.6 is 0 Å². The van der Waals surface area contributed by atoms with Gasteiger partial charge in [0.25, 0.3) is 11.8 Å². The zero-order valence-electron chi connectivity index (χ0n) is 18.1. The molecule has 0 saturated heterocycles. The number of rotatable bonds is 8. The molecule has 166 valence electrons. The van der Waals surface area contributed by atoms with Crippen LogP contribution in [0.15, 0.2) is 64.3 Å². The summed E-state index contributed by atoms with van der Waals surface area (Å²) in [4.78, 5) is 24.8. The molecule has 0 aliphatic heterocycles. The van der Waals surface area contributed by atoms with Crippen molar-refractivity contribution < 1.29 is 28.2 Å². The Morgan fingerprint density at radius 2 is 1.59 bits per heavy atom. The van der Waals surface area contributed by atoms with E-state index in [-0.39, 0.29) is 17.2 Å². The van der Waals surface area contributed by atoms with E-state index in [4.69, 9.17) is 18.6 Å². The van der Waals surface area contributed by atoms with Crippen molar-refractivity contribution >= 4 is 23.2 Å². The lowest BCUT2D eigenvalue weighted by atomic mass is 10.1. The number of methoxy groups -OCH3 is 3. The van der Waals surface area contributed by atoms with Crippen LogP contribution in [-0.2, 0) is 0 Å². The maximum atomic E-state index is 12.6. The van der Waals surface area contributed by atoms with Crippen molar-refractivity contribution in [2.45, 2.75) is 6.92 Å². The molecule has 2 aromatic carbocycles. The minimum absolute atomic E-state index is 0.207. The summed E-state index contributed by atoms with van der Waals surface area (Å²) in [6.45, 7) is 1.74. The summed E-state index contributed by atoms with van der Waals surface area (Å²) >= 11 is 0. The van der Waals surface area contributed by atoms with Crippen LogP contribution in [0.25, 0.3) is 0 Å². The fourth-order valence-corrected chi connectivity index (χ4v) is 2.90.